The van der Waals surface area contributed by atoms with Crippen molar-refractivity contribution in [1.29, 1.82) is 0 Å². The molecule has 112 valence electrons. The summed E-state index contributed by atoms with van der Waals surface area (Å²) < 4.78 is 5.46. The highest BCUT2D eigenvalue weighted by molar-refractivity contribution is 5.81. The maximum atomic E-state index is 11.9. The van der Waals surface area contributed by atoms with Crippen molar-refractivity contribution >= 4 is 5.91 Å². The number of carbonyl (C=O) groups is 1. The van der Waals surface area contributed by atoms with Crippen molar-refractivity contribution in [2.24, 2.45) is 0 Å². The summed E-state index contributed by atoms with van der Waals surface area (Å²) in [6, 6.07) is 7.93. The molecule has 0 saturated carbocycles. The van der Waals surface area contributed by atoms with Crippen molar-refractivity contribution in [2.45, 2.75) is 52.7 Å². The van der Waals surface area contributed by atoms with Crippen LogP contribution >= 0.6 is 0 Å². The van der Waals surface area contributed by atoms with Gasteiger partial charge in [0.1, 0.15) is 5.75 Å². The second-order valence-corrected chi connectivity index (χ2v) is 5.00. The van der Waals surface area contributed by atoms with Crippen LogP contribution in [0.2, 0.25) is 0 Å². The van der Waals surface area contributed by atoms with Crippen LogP contribution in [0, 0.1) is 0 Å². The van der Waals surface area contributed by atoms with Gasteiger partial charge in [-0.25, -0.2) is 0 Å². The highest BCUT2D eigenvalue weighted by atomic mass is 16.5. The van der Waals surface area contributed by atoms with Gasteiger partial charge < -0.3 is 15.4 Å². The summed E-state index contributed by atoms with van der Waals surface area (Å²) in [7, 11) is 0. The fraction of sp³-hybridized carbons (Fsp3) is 0.562. The summed E-state index contributed by atoms with van der Waals surface area (Å²) in [5, 5.41) is 6.20. The van der Waals surface area contributed by atoms with Crippen LogP contribution in [-0.4, -0.2) is 24.6 Å². The Morgan fingerprint density at radius 2 is 2.05 bits per heavy atom. The Morgan fingerprint density at radius 3 is 2.70 bits per heavy atom. The van der Waals surface area contributed by atoms with Crippen LogP contribution in [0.25, 0.3) is 0 Å². The van der Waals surface area contributed by atoms with E-state index in [4.69, 9.17) is 4.74 Å². The van der Waals surface area contributed by atoms with Crippen LogP contribution in [-0.2, 0) is 11.3 Å². The molecule has 0 spiro atoms. The van der Waals surface area contributed by atoms with Crippen LogP contribution < -0.4 is 15.4 Å². The molecule has 4 heteroatoms. The molecule has 0 aliphatic carbocycles. The van der Waals surface area contributed by atoms with Crippen LogP contribution in [0.15, 0.2) is 24.3 Å². The first-order chi connectivity index (χ1) is 9.56. The number of hydrogen-bond acceptors (Lipinski definition) is 3. The van der Waals surface area contributed by atoms with Crippen molar-refractivity contribution < 1.29 is 9.53 Å². The van der Waals surface area contributed by atoms with E-state index in [1.54, 1.807) is 0 Å². The van der Waals surface area contributed by atoms with E-state index in [9.17, 15) is 4.79 Å². The molecule has 1 rings (SSSR count). The first-order valence-electron chi connectivity index (χ1n) is 7.32. The average molecular weight is 278 g/mol. The van der Waals surface area contributed by atoms with E-state index < -0.39 is 0 Å². The smallest absolute Gasteiger partial charge is 0.237 e. The molecule has 0 heterocycles. The zero-order valence-corrected chi connectivity index (χ0v) is 12.9. The van der Waals surface area contributed by atoms with Crippen LogP contribution in [0.3, 0.4) is 0 Å². The quantitative estimate of drug-likeness (QED) is 0.768. The van der Waals surface area contributed by atoms with Crippen molar-refractivity contribution in [3.8, 4) is 5.75 Å². The average Bonchev–Trinajstić information content (AvgIpc) is 2.45. The maximum Gasteiger partial charge on any atom is 0.237 e. The van der Waals surface area contributed by atoms with Crippen LogP contribution in [0.5, 0.6) is 5.75 Å². The summed E-state index contributed by atoms with van der Waals surface area (Å²) in [5.74, 6) is 0.906. The molecule has 0 aliphatic rings. The van der Waals surface area contributed by atoms with Gasteiger partial charge >= 0.3 is 0 Å². The molecule has 0 radical (unpaired) electrons. The predicted octanol–water partition coefficient (Wildman–Crippen LogP) is 2.48. The minimum Gasteiger partial charge on any atom is -0.494 e. The molecule has 0 fully saturated rings. The second kappa shape index (κ2) is 8.59. The molecular weight excluding hydrogens is 252 g/mol. The molecule has 20 heavy (non-hydrogen) atoms. The lowest BCUT2D eigenvalue weighted by Crippen LogP contribution is -2.45. The van der Waals surface area contributed by atoms with Gasteiger partial charge in [0.2, 0.25) is 5.91 Å². The third-order valence-corrected chi connectivity index (χ3v) is 3.22. The molecule has 0 aliphatic heterocycles. The summed E-state index contributed by atoms with van der Waals surface area (Å²) in [6.07, 6.45) is 0.939. The van der Waals surface area contributed by atoms with Crippen LogP contribution in [0.4, 0.5) is 0 Å². The van der Waals surface area contributed by atoms with Gasteiger partial charge in [0.15, 0.2) is 0 Å². The monoisotopic (exact) mass is 278 g/mol. The zero-order chi connectivity index (χ0) is 15.0. The van der Waals surface area contributed by atoms with Gasteiger partial charge in [-0.05, 0) is 44.9 Å². The molecule has 2 unspecified atom stereocenters. The van der Waals surface area contributed by atoms with Gasteiger partial charge in [-0.3, -0.25) is 4.79 Å². The minimum atomic E-state index is -0.209. The standard InChI is InChI=1S/C16H26N2O2/c1-5-12(3)18-16(19)13(4)17-11-14-8-7-9-15(10-14)20-6-2/h7-10,12-13,17H,5-6,11H2,1-4H3,(H,18,19). The van der Waals surface area contributed by atoms with E-state index in [1.807, 2.05) is 45.0 Å². The van der Waals surface area contributed by atoms with E-state index in [1.165, 1.54) is 0 Å². The largest absolute Gasteiger partial charge is 0.494 e. The second-order valence-electron chi connectivity index (χ2n) is 5.00. The topological polar surface area (TPSA) is 50.4 Å². The SMILES string of the molecule is CCOc1cccc(CNC(C)C(=O)NC(C)CC)c1. The molecule has 0 aromatic heterocycles. The maximum absolute atomic E-state index is 11.9. The number of nitrogens with one attached hydrogen (secondary N) is 2. The minimum absolute atomic E-state index is 0.0420. The van der Waals surface area contributed by atoms with E-state index in [0.717, 1.165) is 17.7 Å². The molecule has 0 saturated heterocycles. The number of ether oxygens (including phenoxy) is 1. The number of amides is 1. The van der Waals surface area contributed by atoms with Gasteiger partial charge in [0, 0.05) is 12.6 Å². The molecule has 1 aromatic carbocycles. The summed E-state index contributed by atoms with van der Waals surface area (Å²) >= 11 is 0. The van der Waals surface area contributed by atoms with Gasteiger partial charge in [0.05, 0.1) is 12.6 Å². The third kappa shape index (κ3) is 5.61. The number of rotatable bonds is 8. The summed E-state index contributed by atoms with van der Waals surface area (Å²) in [5.41, 5.74) is 1.11. The van der Waals surface area contributed by atoms with Gasteiger partial charge in [-0.1, -0.05) is 19.1 Å². The highest BCUT2D eigenvalue weighted by Crippen LogP contribution is 2.13. The van der Waals surface area contributed by atoms with Gasteiger partial charge in [-0.15, -0.1) is 0 Å². The molecule has 0 bridgehead atoms. The Balaban J connectivity index is 2.45. The Morgan fingerprint density at radius 1 is 1.30 bits per heavy atom. The van der Waals surface area contributed by atoms with Crippen molar-refractivity contribution in [3.63, 3.8) is 0 Å². The third-order valence-electron chi connectivity index (χ3n) is 3.22. The normalized spacial score (nSPS) is 13.6. The van der Waals surface area contributed by atoms with E-state index >= 15 is 0 Å². The van der Waals surface area contributed by atoms with E-state index in [2.05, 4.69) is 17.6 Å². The number of benzene rings is 1. The molecular formula is C16H26N2O2. The molecule has 2 N–H and O–H groups in total. The first kappa shape index (κ1) is 16.5. The van der Waals surface area contributed by atoms with Crippen molar-refractivity contribution in [2.75, 3.05) is 6.61 Å². The lowest BCUT2D eigenvalue weighted by atomic mass is 10.2. The Kier molecular flexibility index (Phi) is 7.09. The predicted molar refractivity (Wildman–Crippen MR) is 81.8 cm³/mol. The summed E-state index contributed by atoms with van der Waals surface area (Å²) in [6.45, 7) is 9.22. The molecule has 1 amide bonds. The Labute approximate surface area is 121 Å². The lowest BCUT2D eigenvalue weighted by Gasteiger charge is -2.17. The lowest BCUT2D eigenvalue weighted by molar-refractivity contribution is -0.123. The van der Waals surface area contributed by atoms with Crippen LogP contribution in [0.1, 0.15) is 39.7 Å². The highest BCUT2D eigenvalue weighted by Gasteiger charge is 2.13. The van der Waals surface area contributed by atoms with Crippen molar-refractivity contribution in [1.82, 2.24) is 10.6 Å². The fourth-order valence-electron chi connectivity index (χ4n) is 1.75. The molecule has 1 aromatic rings. The van der Waals surface area contributed by atoms with Gasteiger partial charge in [0.25, 0.3) is 0 Å². The fourth-order valence-corrected chi connectivity index (χ4v) is 1.75. The van der Waals surface area contributed by atoms with Gasteiger partial charge in [-0.2, -0.15) is 0 Å². The van der Waals surface area contributed by atoms with E-state index in [-0.39, 0.29) is 18.0 Å². The van der Waals surface area contributed by atoms with E-state index in [0.29, 0.717) is 13.2 Å². The Bertz CT molecular complexity index is 421. The molecule has 2 atom stereocenters. The molecule has 4 nitrogen and oxygen atoms in total. The van der Waals surface area contributed by atoms with Crippen molar-refractivity contribution in [3.05, 3.63) is 29.8 Å². The zero-order valence-electron chi connectivity index (χ0n) is 12.9. The first-order valence-corrected chi connectivity index (χ1v) is 7.32. The number of hydrogen-bond donors (Lipinski definition) is 2. The Hall–Kier alpha value is -1.55. The summed E-state index contributed by atoms with van der Waals surface area (Å²) in [4.78, 5) is 11.9. The number of carbonyl (C=O) groups excluding carboxylic acids is 1.